The highest BCUT2D eigenvalue weighted by atomic mass is 32.1. The third-order valence-corrected chi connectivity index (χ3v) is 3.38. The Hall–Kier alpha value is -1.61. The summed E-state index contributed by atoms with van der Waals surface area (Å²) in [5.74, 6) is 0. The summed E-state index contributed by atoms with van der Waals surface area (Å²) in [5.41, 5.74) is 2.45. The maximum atomic E-state index is 4.31. The van der Waals surface area contributed by atoms with Crippen LogP contribution in [0.25, 0.3) is 12.7 Å². The van der Waals surface area contributed by atoms with Crippen LogP contribution in [0.1, 0.15) is 11.1 Å². The third kappa shape index (κ3) is 2.31. The number of anilines is 1. The Morgan fingerprint density at radius 2 is 2.00 bits per heavy atom. The van der Waals surface area contributed by atoms with E-state index in [-0.39, 0.29) is 0 Å². The molecule has 0 saturated carbocycles. The summed E-state index contributed by atoms with van der Waals surface area (Å²) in [6, 6.07) is 8.42. The van der Waals surface area contributed by atoms with Gasteiger partial charge in [0.1, 0.15) is 0 Å². The lowest BCUT2D eigenvalue weighted by molar-refractivity contribution is 1.30. The zero-order valence-electron chi connectivity index (χ0n) is 9.45. The van der Waals surface area contributed by atoms with Gasteiger partial charge < -0.3 is 5.32 Å². The van der Waals surface area contributed by atoms with Gasteiger partial charge in [-0.2, -0.15) is 0 Å². The molecule has 0 amide bonds. The normalized spacial score (nSPS) is 11.8. The topological polar surface area (TPSA) is 24.9 Å². The fourth-order valence-corrected chi connectivity index (χ4v) is 2.22. The van der Waals surface area contributed by atoms with Crippen molar-refractivity contribution in [1.82, 2.24) is 4.98 Å². The number of nitrogens with zero attached hydrogens (tertiary/aromatic N) is 1. The van der Waals surface area contributed by atoms with Gasteiger partial charge in [-0.25, -0.2) is 4.98 Å². The summed E-state index contributed by atoms with van der Waals surface area (Å²) in [6.07, 6.45) is 2.11. The van der Waals surface area contributed by atoms with Gasteiger partial charge in [-0.1, -0.05) is 47.7 Å². The monoisotopic (exact) mass is 230 g/mol. The molecule has 1 N–H and O–H groups in total. The Kier molecular flexibility index (Phi) is 3.06. The molecule has 2 rings (SSSR count). The molecule has 0 aliphatic rings. The van der Waals surface area contributed by atoms with Crippen molar-refractivity contribution >= 4 is 29.1 Å². The van der Waals surface area contributed by atoms with Crippen LogP contribution < -0.4 is 15.2 Å². The highest BCUT2D eigenvalue weighted by molar-refractivity contribution is 7.13. The second-order valence-electron chi connectivity index (χ2n) is 3.63. The predicted octanol–water partition coefficient (Wildman–Crippen LogP) is 1.73. The van der Waals surface area contributed by atoms with Gasteiger partial charge in [-0.3, -0.25) is 0 Å². The molecule has 1 heterocycles. The largest absolute Gasteiger partial charge is 0.365 e. The van der Waals surface area contributed by atoms with Crippen LogP contribution in [0.15, 0.2) is 24.3 Å². The van der Waals surface area contributed by atoms with Crippen molar-refractivity contribution in [2.24, 2.45) is 0 Å². The lowest BCUT2D eigenvalue weighted by Gasteiger charge is -1.93. The molecule has 2 nitrogen and oxygen atoms in total. The van der Waals surface area contributed by atoms with E-state index in [4.69, 9.17) is 0 Å². The molecule has 16 heavy (non-hydrogen) atoms. The SMILES string of the molecule is C=c1nc(NC)s/c1=C/c1ccc(C)cc1. The van der Waals surface area contributed by atoms with Crippen molar-refractivity contribution in [3.63, 3.8) is 0 Å². The molecule has 0 fully saturated rings. The highest BCUT2D eigenvalue weighted by Gasteiger charge is 1.95. The van der Waals surface area contributed by atoms with Gasteiger partial charge in [0.05, 0.1) is 9.88 Å². The van der Waals surface area contributed by atoms with Crippen molar-refractivity contribution in [2.75, 3.05) is 12.4 Å². The van der Waals surface area contributed by atoms with Crippen LogP contribution in [0.2, 0.25) is 0 Å². The van der Waals surface area contributed by atoms with Crippen LogP contribution >= 0.6 is 11.3 Å². The molecule has 82 valence electrons. The average Bonchev–Trinajstić information content (AvgIpc) is 2.63. The van der Waals surface area contributed by atoms with E-state index in [1.165, 1.54) is 11.1 Å². The van der Waals surface area contributed by atoms with Gasteiger partial charge in [0.2, 0.25) is 0 Å². The molecule has 0 radical (unpaired) electrons. The molecule has 1 aromatic heterocycles. The molecule has 0 unspecified atom stereocenters. The van der Waals surface area contributed by atoms with E-state index >= 15 is 0 Å². The zero-order valence-corrected chi connectivity index (χ0v) is 10.3. The van der Waals surface area contributed by atoms with Crippen molar-refractivity contribution in [3.05, 3.63) is 45.3 Å². The standard InChI is InChI=1S/C13H14N2S/c1-9-4-6-11(7-5-9)8-12-10(2)15-13(14-3)16-12/h4-8H,2H2,1,3H3,(H,14,15)/b12-8+. The molecular formula is C13H14N2S. The van der Waals surface area contributed by atoms with Crippen molar-refractivity contribution in [1.29, 1.82) is 0 Å². The average molecular weight is 230 g/mol. The third-order valence-electron chi connectivity index (χ3n) is 2.32. The quantitative estimate of drug-likeness (QED) is 0.850. The van der Waals surface area contributed by atoms with E-state index in [1.807, 2.05) is 7.05 Å². The van der Waals surface area contributed by atoms with Crippen LogP contribution in [-0.2, 0) is 0 Å². The van der Waals surface area contributed by atoms with Crippen LogP contribution in [0, 0.1) is 6.92 Å². The summed E-state index contributed by atoms with van der Waals surface area (Å²) < 4.78 is 1.10. The Morgan fingerprint density at radius 1 is 1.31 bits per heavy atom. The summed E-state index contributed by atoms with van der Waals surface area (Å²) >= 11 is 1.62. The molecule has 0 aliphatic heterocycles. The first-order chi connectivity index (χ1) is 7.69. The van der Waals surface area contributed by atoms with Crippen LogP contribution in [0.5, 0.6) is 0 Å². The number of hydrogen-bond acceptors (Lipinski definition) is 3. The van der Waals surface area contributed by atoms with E-state index in [2.05, 4.69) is 54.1 Å². The Balaban J connectivity index is 2.46. The minimum atomic E-state index is 0.829. The number of aryl methyl sites for hydroxylation is 1. The highest BCUT2D eigenvalue weighted by Crippen LogP contribution is 2.05. The number of hydrogen-bond donors (Lipinski definition) is 1. The predicted molar refractivity (Wildman–Crippen MR) is 71.2 cm³/mol. The lowest BCUT2D eigenvalue weighted by Crippen LogP contribution is -2.18. The van der Waals surface area contributed by atoms with Gasteiger partial charge in [0, 0.05) is 7.05 Å². The molecule has 3 heteroatoms. The number of aromatic nitrogens is 1. The second-order valence-corrected chi connectivity index (χ2v) is 4.67. The van der Waals surface area contributed by atoms with Gasteiger partial charge >= 0.3 is 0 Å². The van der Waals surface area contributed by atoms with Crippen molar-refractivity contribution in [2.45, 2.75) is 6.92 Å². The zero-order chi connectivity index (χ0) is 11.5. The van der Waals surface area contributed by atoms with Crippen LogP contribution in [0.4, 0.5) is 5.13 Å². The van der Waals surface area contributed by atoms with Crippen LogP contribution in [-0.4, -0.2) is 12.0 Å². The molecular weight excluding hydrogens is 216 g/mol. The first-order valence-corrected chi connectivity index (χ1v) is 5.92. The summed E-state index contributed by atoms with van der Waals surface area (Å²) in [5, 5.41) is 4.77. The summed E-state index contributed by atoms with van der Waals surface area (Å²) in [6.45, 7) is 6.02. The van der Waals surface area contributed by atoms with Crippen molar-refractivity contribution < 1.29 is 0 Å². The Bertz CT molecular complexity index is 581. The lowest BCUT2D eigenvalue weighted by atomic mass is 10.1. The molecule has 0 spiro atoms. The van der Waals surface area contributed by atoms with E-state index in [0.717, 1.165) is 15.0 Å². The molecule has 0 atom stereocenters. The molecule has 1 aromatic carbocycles. The van der Waals surface area contributed by atoms with Gasteiger partial charge in [0.15, 0.2) is 5.13 Å². The first-order valence-electron chi connectivity index (χ1n) is 5.11. The van der Waals surface area contributed by atoms with E-state index in [0.29, 0.717) is 0 Å². The smallest absolute Gasteiger partial charge is 0.183 e. The molecule has 0 bridgehead atoms. The fraction of sp³-hybridized carbons (Fsp3) is 0.154. The van der Waals surface area contributed by atoms with E-state index in [1.54, 1.807) is 11.3 Å². The summed E-state index contributed by atoms with van der Waals surface area (Å²) in [7, 11) is 1.87. The minimum Gasteiger partial charge on any atom is -0.365 e. The van der Waals surface area contributed by atoms with Gasteiger partial charge in [0.25, 0.3) is 0 Å². The van der Waals surface area contributed by atoms with E-state index < -0.39 is 0 Å². The van der Waals surface area contributed by atoms with Gasteiger partial charge in [-0.05, 0) is 18.6 Å². The van der Waals surface area contributed by atoms with Crippen molar-refractivity contribution in [3.8, 4) is 0 Å². The molecule has 0 saturated heterocycles. The number of benzene rings is 1. The molecule has 0 aliphatic carbocycles. The maximum Gasteiger partial charge on any atom is 0.183 e. The maximum absolute atomic E-state index is 4.31. The first kappa shape index (κ1) is 10.9. The number of thiazole rings is 1. The summed E-state index contributed by atoms with van der Waals surface area (Å²) in [4.78, 5) is 4.31. The second kappa shape index (κ2) is 4.49. The van der Waals surface area contributed by atoms with Crippen LogP contribution in [0.3, 0.4) is 0 Å². The van der Waals surface area contributed by atoms with E-state index in [9.17, 15) is 0 Å². The Morgan fingerprint density at radius 3 is 2.56 bits per heavy atom. The fourth-order valence-electron chi connectivity index (χ4n) is 1.40. The number of nitrogens with one attached hydrogen (secondary N) is 1. The molecule has 2 aromatic rings. The number of rotatable bonds is 2. The minimum absolute atomic E-state index is 0.829. The van der Waals surface area contributed by atoms with Gasteiger partial charge in [-0.15, -0.1) is 0 Å². The Labute approximate surface area is 99.0 Å².